The van der Waals surface area contributed by atoms with E-state index in [-0.39, 0.29) is 30.2 Å². The summed E-state index contributed by atoms with van der Waals surface area (Å²) in [6, 6.07) is 0. The minimum Gasteiger partial charge on any atom is -0.358 e. The minimum atomic E-state index is -0.227. The van der Waals surface area contributed by atoms with Gasteiger partial charge in [-0.1, -0.05) is 0 Å². The topological polar surface area (TPSA) is 105 Å². The van der Waals surface area contributed by atoms with E-state index in [9.17, 15) is 14.4 Å². The highest BCUT2D eigenvalue weighted by molar-refractivity contribution is 5.93. The predicted molar refractivity (Wildman–Crippen MR) is 70.7 cm³/mol. The van der Waals surface area contributed by atoms with Gasteiger partial charge in [0.2, 0.25) is 17.7 Å². The molecule has 0 radical (unpaired) electrons. The lowest BCUT2D eigenvalue weighted by Gasteiger charge is -2.21. The monoisotopic (exact) mass is 279 g/mol. The molecule has 3 N–H and O–H groups in total. The zero-order valence-electron chi connectivity index (χ0n) is 11.2. The van der Waals surface area contributed by atoms with Gasteiger partial charge < -0.3 is 16.0 Å². The first-order valence-corrected chi connectivity index (χ1v) is 6.39. The Morgan fingerprint density at radius 3 is 3.00 bits per heavy atom. The highest BCUT2D eigenvalue weighted by Gasteiger charge is 2.24. The first kappa shape index (κ1) is 14.0. The van der Waals surface area contributed by atoms with Crippen LogP contribution in [-0.4, -0.2) is 41.1 Å². The van der Waals surface area contributed by atoms with Crippen LogP contribution in [0.5, 0.6) is 0 Å². The molecule has 0 aromatic carbocycles. The number of rotatable bonds is 4. The smallest absolute Gasteiger partial charge is 0.241 e. The summed E-state index contributed by atoms with van der Waals surface area (Å²) in [4.78, 5) is 34.2. The van der Waals surface area contributed by atoms with Crippen molar-refractivity contribution in [2.45, 2.75) is 19.4 Å². The molecule has 1 aliphatic rings. The Morgan fingerprint density at radius 2 is 2.35 bits per heavy atom. The van der Waals surface area contributed by atoms with Crippen molar-refractivity contribution in [1.29, 1.82) is 0 Å². The van der Waals surface area contributed by atoms with Crippen molar-refractivity contribution in [3.8, 4) is 0 Å². The lowest BCUT2D eigenvalue weighted by Crippen LogP contribution is -2.40. The summed E-state index contributed by atoms with van der Waals surface area (Å²) >= 11 is 0. The van der Waals surface area contributed by atoms with E-state index in [0.29, 0.717) is 25.1 Å². The fourth-order valence-electron chi connectivity index (χ4n) is 1.94. The second-order valence-corrected chi connectivity index (χ2v) is 4.63. The summed E-state index contributed by atoms with van der Waals surface area (Å²) in [7, 11) is 1.55. The van der Waals surface area contributed by atoms with Crippen molar-refractivity contribution in [1.82, 2.24) is 20.4 Å². The lowest BCUT2D eigenvalue weighted by atomic mass is 9.98. The molecule has 8 nitrogen and oxygen atoms in total. The summed E-state index contributed by atoms with van der Waals surface area (Å²) in [5.74, 6) is -0.562. The number of anilines is 1. The third-order valence-electron chi connectivity index (χ3n) is 3.12. The van der Waals surface area contributed by atoms with E-state index in [2.05, 4.69) is 21.0 Å². The molecule has 0 bridgehead atoms. The van der Waals surface area contributed by atoms with Crippen molar-refractivity contribution in [3.05, 3.63) is 12.4 Å². The third kappa shape index (κ3) is 3.56. The summed E-state index contributed by atoms with van der Waals surface area (Å²) < 4.78 is 1.44. The zero-order chi connectivity index (χ0) is 14.5. The van der Waals surface area contributed by atoms with Crippen LogP contribution < -0.4 is 16.0 Å². The van der Waals surface area contributed by atoms with E-state index >= 15 is 0 Å². The number of piperidine rings is 1. The molecule has 1 aromatic heterocycles. The Kier molecular flexibility index (Phi) is 4.34. The van der Waals surface area contributed by atoms with Gasteiger partial charge >= 0.3 is 0 Å². The number of likely N-dealkylation sites (N-methyl/N-ethyl adjacent to an activating group) is 1. The number of carbonyl (C=O) groups excluding carboxylic acids is 3. The molecule has 1 saturated heterocycles. The molecule has 1 unspecified atom stereocenters. The normalized spacial score (nSPS) is 18.2. The molecule has 0 spiro atoms. The Balaban J connectivity index is 1.88. The fourth-order valence-corrected chi connectivity index (χ4v) is 1.94. The van der Waals surface area contributed by atoms with Gasteiger partial charge in [0, 0.05) is 26.2 Å². The van der Waals surface area contributed by atoms with E-state index < -0.39 is 0 Å². The largest absolute Gasteiger partial charge is 0.358 e. The molecule has 0 aliphatic carbocycles. The highest BCUT2D eigenvalue weighted by Crippen LogP contribution is 2.14. The molecule has 2 heterocycles. The Hall–Kier alpha value is -2.38. The van der Waals surface area contributed by atoms with Gasteiger partial charge in [-0.3, -0.25) is 19.1 Å². The Morgan fingerprint density at radius 1 is 1.55 bits per heavy atom. The number of hydrogen-bond donors (Lipinski definition) is 3. The fraction of sp³-hybridized carbons (Fsp3) is 0.500. The minimum absolute atomic E-state index is 0.0209. The maximum Gasteiger partial charge on any atom is 0.241 e. The first-order valence-electron chi connectivity index (χ1n) is 6.39. The molecule has 1 aliphatic heterocycles. The van der Waals surface area contributed by atoms with Crippen LogP contribution in [0.3, 0.4) is 0 Å². The number of nitrogens with zero attached hydrogens (tertiary/aromatic N) is 2. The van der Waals surface area contributed by atoms with Crippen molar-refractivity contribution >= 4 is 23.4 Å². The lowest BCUT2D eigenvalue weighted by molar-refractivity contribution is -0.126. The van der Waals surface area contributed by atoms with Gasteiger partial charge in [-0.15, -0.1) is 0 Å². The quantitative estimate of drug-likeness (QED) is 0.663. The van der Waals surface area contributed by atoms with Crippen molar-refractivity contribution in [3.63, 3.8) is 0 Å². The zero-order valence-corrected chi connectivity index (χ0v) is 11.2. The third-order valence-corrected chi connectivity index (χ3v) is 3.12. The maximum atomic E-state index is 12.0. The summed E-state index contributed by atoms with van der Waals surface area (Å²) in [5.41, 5.74) is 0.538. The van der Waals surface area contributed by atoms with E-state index in [0.717, 1.165) is 0 Å². The Labute approximate surface area is 115 Å². The van der Waals surface area contributed by atoms with Crippen LogP contribution >= 0.6 is 0 Å². The van der Waals surface area contributed by atoms with Crippen molar-refractivity contribution < 1.29 is 14.4 Å². The standard InChI is InChI=1S/C12H17N5O3/c1-13-11(19)7-17-6-9(5-15-17)16-12(20)8-2-3-10(18)14-4-8/h5-6,8H,2-4,7H2,1H3,(H,13,19)(H,14,18)(H,16,20). The number of amides is 3. The molecule has 1 fully saturated rings. The number of hydrogen-bond acceptors (Lipinski definition) is 4. The molecule has 8 heteroatoms. The van der Waals surface area contributed by atoms with E-state index in [1.54, 1.807) is 13.2 Å². The van der Waals surface area contributed by atoms with Crippen molar-refractivity contribution in [2.75, 3.05) is 18.9 Å². The van der Waals surface area contributed by atoms with Gasteiger partial charge in [0.15, 0.2) is 0 Å². The van der Waals surface area contributed by atoms with Gasteiger partial charge in [0.1, 0.15) is 6.54 Å². The molecule has 108 valence electrons. The Bertz CT molecular complexity index is 515. The van der Waals surface area contributed by atoms with Crippen LogP contribution in [0.15, 0.2) is 12.4 Å². The van der Waals surface area contributed by atoms with E-state index in [1.807, 2.05) is 0 Å². The van der Waals surface area contributed by atoms with E-state index in [4.69, 9.17) is 0 Å². The van der Waals surface area contributed by atoms with Crippen LogP contribution in [0.4, 0.5) is 5.69 Å². The molecule has 2 rings (SSSR count). The van der Waals surface area contributed by atoms with Crippen LogP contribution in [0.2, 0.25) is 0 Å². The van der Waals surface area contributed by atoms with Crippen LogP contribution in [-0.2, 0) is 20.9 Å². The summed E-state index contributed by atoms with van der Waals surface area (Å²) in [6.45, 7) is 0.461. The van der Waals surface area contributed by atoms with Gasteiger partial charge in [0.05, 0.1) is 17.8 Å². The maximum absolute atomic E-state index is 12.0. The van der Waals surface area contributed by atoms with Crippen LogP contribution in [0.25, 0.3) is 0 Å². The predicted octanol–water partition coefficient (Wildman–Crippen LogP) is -0.906. The average molecular weight is 279 g/mol. The average Bonchev–Trinajstić information content (AvgIpc) is 2.86. The van der Waals surface area contributed by atoms with Crippen LogP contribution in [0.1, 0.15) is 12.8 Å². The molecule has 3 amide bonds. The van der Waals surface area contributed by atoms with Gasteiger partial charge in [-0.2, -0.15) is 5.10 Å². The van der Waals surface area contributed by atoms with Gasteiger partial charge in [0.25, 0.3) is 0 Å². The summed E-state index contributed by atoms with van der Waals surface area (Å²) in [6.07, 6.45) is 3.99. The molecule has 1 aromatic rings. The molecular formula is C12H17N5O3. The number of nitrogens with one attached hydrogen (secondary N) is 3. The molecular weight excluding hydrogens is 262 g/mol. The molecule has 20 heavy (non-hydrogen) atoms. The van der Waals surface area contributed by atoms with Gasteiger partial charge in [-0.05, 0) is 6.42 Å². The SMILES string of the molecule is CNC(=O)Cn1cc(NC(=O)C2CCC(=O)NC2)cn1. The van der Waals surface area contributed by atoms with Gasteiger partial charge in [-0.25, -0.2) is 0 Å². The van der Waals surface area contributed by atoms with Crippen LogP contribution in [0, 0.1) is 5.92 Å². The molecule has 0 saturated carbocycles. The number of carbonyl (C=O) groups is 3. The summed E-state index contributed by atoms with van der Waals surface area (Å²) in [5, 5.41) is 11.9. The first-order chi connectivity index (χ1) is 9.58. The number of aromatic nitrogens is 2. The van der Waals surface area contributed by atoms with E-state index in [1.165, 1.54) is 10.9 Å². The second-order valence-electron chi connectivity index (χ2n) is 4.63. The van der Waals surface area contributed by atoms with Crippen molar-refractivity contribution in [2.24, 2.45) is 5.92 Å². The second kappa shape index (κ2) is 6.18. The molecule has 1 atom stereocenters. The highest BCUT2D eigenvalue weighted by atomic mass is 16.2.